The van der Waals surface area contributed by atoms with Crippen molar-refractivity contribution in [3.63, 3.8) is 0 Å². The fourth-order valence-electron chi connectivity index (χ4n) is 2.73. The topological polar surface area (TPSA) is 110 Å². The van der Waals surface area contributed by atoms with Gasteiger partial charge in [-0.3, -0.25) is 24.1 Å². The van der Waals surface area contributed by atoms with Gasteiger partial charge in [-0.1, -0.05) is 15.9 Å². The standard InChI is InChI=1S/C18H13BrFN3O4/c1-8-4-14(12(16(21)25)6-13(8)20)22-15(24)7-23-17(26)10-3-2-9(19)5-11(10)18(23)27/h2-6H,7H2,1H3,(H2,21,25)(H,22,24). The van der Waals surface area contributed by atoms with Crippen LogP contribution in [0.25, 0.3) is 0 Å². The highest BCUT2D eigenvalue weighted by Crippen LogP contribution is 2.26. The fourth-order valence-corrected chi connectivity index (χ4v) is 3.09. The molecule has 0 spiro atoms. The van der Waals surface area contributed by atoms with Crippen molar-refractivity contribution in [3.05, 3.63) is 62.9 Å². The molecular weight excluding hydrogens is 421 g/mol. The summed E-state index contributed by atoms with van der Waals surface area (Å²) in [7, 11) is 0. The van der Waals surface area contributed by atoms with Crippen LogP contribution in [-0.4, -0.2) is 35.1 Å². The summed E-state index contributed by atoms with van der Waals surface area (Å²) in [6, 6.07) is 6.79. The SMILES string of the molecule is Cc1cc(NC(=O)CN2C(=O)c3ccc(Br)cc3C2=O)c(C(N)=O)cc1F. The van der Waals surface area contributed by atoms with Crippen molar-refractivity contribution in [2.24, 2.45) is 5.73 Å². The predicted molar refractivity (Wildman–Crippen MR) is 97.8 cm³/mol. The molecule has 3 rings (SSSR count). The Bertz CT molecular complexity index is 1020. The van der Waals surface area contributed by atoms with Gasteiger partial charge in [-0.25, -0.2) is 4.39 Å². The van der Waals surface area contributed by atoms with E-state index in [1.807, 2.05) is 0 Å². The molecule has 0 bridgehead atoms. The lowest BCUT2D eigenvalue weighted by Crippen LogP contribution is -2.37. The third-order valence-corrected chi connectivity index (χ3v) is 4.57. The van der Waals surface area contributed by atoms with Crippen molar-refractivity contribution >= 4 is 45.2 Å². The highest BCUT2D eigenvalue weighted by molar-refractivity contribution is 9.10. The van der Waals surface area contributed by atoms with E-state index in [2.05, 4.69) is 21.2 Å². The number of nitrogens with zero attached hydrogens (tertiary/aromatic N) is 1. The van der Waals surface area contributed by atoms with E-state index >= 15 is 0 Å². The minimum absolute atomic E-state index is 0.00533. The molecular formula is C18H13BrFN3O4. The Labute approximate surface area is 161 Å². The summed E-state index contributed by atoms with van der Waals surface area (Å²) in [5, 5.41) is 2.40. The molecule has 1 aliphatic heterocycles. The van der Waals surface area contributed by atoms with Crippen molar-refractivity contribution in [2.75, 3.05) is 11.9 Å². The number of fused-ring (bicyclic) bond motifs is 1. The average molecular weight is 434 g/mol. The number of primary amides is 1. The van der Waals surface area contributed by atoms with Crippen LogP contribution < -0.4 is 11.1 Å². The summed E-state index contributed by atoms with van der Waals surface area (Å²) in [5.74, 6) is -3.49. The van der Waals surface area contributed by atoms with Crippen LogP contribution in [0.2, 0.25) is 0 Å². The summed E-state index contributed by atoms with van der Waals surface area (Å²) >= 11 is 3.23. The third kappa shape index (κ3) is 3.45. The number of carbonyl (C=O) groups excluding carboxylic acids is 4. The van der Waals surface area contributed by atoms with Crippen molar-refractivity contribution in [1.29, 1.82) is 0 Å². The minimum atomic E-state index is -0.921. The maximum atomic E-state index is 13.6. The summed E-state index contributed by atoms with van der Waals surface area (Å²) in [4.78, 5) is 49.4. The lowest BCUT2D eigenvalue weighted by molar-refractivity contribution is -0.116. The van der Waals surface area contributed by atoms with Crippen LogP contribution in [0.15, 0.2) is 34.8 Å². The normalized spacial score (nSPS) is 12.9. The molecule has 0 aliphatic carbocycles. The van der Waals surface area contributed by atoms with E-state index in [1.165, 1.54) is 25.1 Å². The Hall–Kier alpha value is -3.07. The zero-order valence-corrected chi connectivity index (χ0v) is 15.6. The quantitative estimate of drug-likeness (QED) is 0.720. The summed E-state index contributed by atoms with van der Waals surface area (Å²) in [5.41, 5.74) is 5.59. The first-order valence-electron chi connectivity index (χ1n) is 7.74. The number of amides is 4. The van der Waals surface area contributed by atoms with Crippen LogP contribution in [0.1, 0.15) is 36.6 Å². The zero-order valence-electron chi connectivity index (χ0n) is 14.0. The number of hydrogen-bond donors (Lipinski definition) is 2. The summed E-state index contributed by atoms with van der Waals surface area (Å²) < 4.78 is 14.3. The van der Waals surface area contributed by atoms with E-state index in [1.54, 1.807) is 6.07 Å². The Balaban J connectivity index is 1.82. The van der Waals surface area contributed by atoms with Crippen LogP contribution in [0.4, 0.5) is 10.1 Å². The first kappa shape index (κ1) is 18.7. The van der Waals surface area contributed by atoms with E-state index in [0.29, 0.717) is 4.47 Å². The van der Waals surface area contributed by atoms with Gasteiger partial charge in [-0.15, -0.1) is 0 Å². The fraction of sp³-hybridized carbons (Fsp3) is 0.111. The van der Waals surface area contributed by atoms with E-state index in [9.17, 15) is 23.6 Å². The van der Waals surface area contributed by atoms with Gasteiger partial charge in [0.15, 0.2) is 0 Å². The van der Waals surface area contributed by atoms with Gasteiger partial charge >= 0.3 is 0 Å². The van der Waals surface area contributed by atoms with Crippen molar-refractivity contribution < 1.29 is 23.6 Å². The second-order valence-corrected chi connectivity index (χ2v) is 6.86. The van der Waals surface area contributed by atoms with Gasteiger partial charge in [0.2, 0.25) is 5.91 Å². The largest absolute Gasteiger partial charge is 0.366 e. The number of anilines is 1. The van der Waals surface area contributed by atoms with Gasteiger partial charge in [0.25, 0.3) is 17.7 Å². The highest BCUT2D eigenvalue weighted by Gasteiger charge is 2.36. The van der Waals surface area contributed by atoms with Crippen LogP contribution >= 0.6 is 15.9 Å². The number of carbonyl (C=O) groups is 4. The molecule has 0 unspecified atom stereocenters. The Morgan fingerprint density at radius 2 is 1.81 bits per heavy atom. The molecule has 0 saturated carbocycles. The molecule has 138 valence electrons. The Morgan fingerprint density at radius 1 is 1.15 bits per heavy atom. The second-order valence-electron chi connectivity index (χ2n) is 5.95. The van der Waals surface area contributed by atoms with E-state index in [4.69, 9.17) is 5.73 Å². The summed E-state index contributed by atoms with van der Waals surface area (Å²) in [6.45, 7) is 0.899. The zero-order chi connectivity index (χ0) is 19.9. The number of hydrogen-bond acceptors (Lipinski definition) is 4. The van der Waals surface area contributed by atoms with E-state index in [-0.39, 0.29) is 27.9 Å². The maximum Gasteiger partial charge on any atom is 0.262 e. The number of benzene rings is 2. The molecule has 0 radical (unpaired) electrons. The van der Waals surface area contributed by atoms with Crippen LogP contribution in [0.5, 0.6) is 0 Å². The molecule has 2 aromatic carbocycles. The number of aryl methyl sites for hydroxylation is 1. The van der Waals surface area contributed by atoms with E-state index < -0.39 is 36.0 Å². The lowest BCUT2D eigenvalue weighted by Gasteiger charge is -2.15. The number of rotatable bonds is 4. The van der Waals surface area contributed by atoms with Gasteiger partial charge in [0, 0.05) is 4.47 Å². The van der Waals surface area contributed by atoms with Gasteiger partial charge in [-0.2, -0.15) is 0 Å². The second kappa shape index (κ2) is 6.92. The van der Waals surface area contributed by atoms with E-state index in [0.717, 1.165) is 11.0 Å². The van der Waals surface area contributed by atoms with Gasteiger partial charge < -0.3 is 11.1 Å². The Kier molecular flexibility index (Phi) is 4.79. The molecule has 0 fully saturated rings. The molecule has 0 saturated heterocycles. The third-order valence-electron chi connectivity index (χ3n) is 4.07. The lowest BCUT2D eigenvalue weighted by atomic mass is 10.1. The number of nitrogens with one attached hydrogen (secondary N) is 1. The molecule has 9 heteroatoms. The molecule has 1 heterocycles. The average Bonchev–Trinajstić information content (AvgIpc) is 2.82. The molecule has 2 aromatic rings. The smallest absolute Gasteiger partial charge is 0.262 e. The minimum Gasteiger partial charge on any atom is -0.366 e. The number of imide groups is 1. The summed E-state index contributed by atoms with van der Waals surface area (Å²) in [6.07, 6.45) is 0. The van der Waals surface area contributed by atoms with Crippen molar-refractivity contribution in [1.82, 2.24) is 4.90 Å². The molecule has 1 aliphatic rings. The molecule has 27 heavy (non-hydrogen) atoms. The first-order chi connectivity index (χ1) is 12.7. The van der Waals surface area contributed by atoms with Gasteiger partial charge in [0.05, 0.1) is 22.4 Å². The van der Waals surface area contributed by atoms with Crippen LogP contribution in [0.3, 0.4) is 0 Å². The molecule has 0 aromatic heterocycles. The van der Waals surface area contributed by atoms with Gasteiger partial charge in [0.1, 0.15) is 12.4 Å². The molecule has 0 atom stereocenters. The van der Waals surface area contributed by atoms with Crippen LogP contribution in [-0.2, 0) is 4.79 Å². The van der Waals surface area contributed by atoms with Crippen molar-refractivity contribution in [2.45, 2.75) is 6.92 Å². The maximum absolute atomic E-state index is 13.6. The molecule has 4 amide bonds. The Morgan fingerprint density at radius 3 is 2.48 bits per heavy atom. The van der Waals surface area contributed by atoms with Crippen molar-refractivity contribution in [3.8, 4) is 0 Å². The molecule has 7 nitrogen and oxygen atoms in total. The predicted octanol–water partition coefficient (Wildman–Crippen LogP) is 2.23. The van der Waals surface area contributed by atoms with Gasteiger partial charge in [-0.05, 0) is 42.8 Å². The molecule has 3 N–H and O–H groups in total. The number of halogens is 2. The highest BCUT2D eigenvalue weighted by atomic mass is 79.9. The first-order valence-corrected chi connectivity index (χ1v) is 8.54. The number of nitrogens with two attached hydrogens (primary N) is 1. The van der Waals surface area contributed by atoms with Crippen LogP contribution in [0, 0.1) is 12.7 Å². The monoisotopic (exact) mass is 433 g/mol.